The molecule has 0 aliphatic rings. The molecule has 0 amide bonds. The Bertz CT molecular complexity index is 1040. The predicted molar refractivity (Wildman–Crippen MR) is 116 cm³/mol. The monoisotopic (exact) mass is 426 g/mol. The molecule has 0 saturated heterocycles. The average molecular weight is 426 g/mol. The van der Waals surface area contributed by atoms with E-state index in [2.05, 4.69) is 0 Å². The molecule has 0 spiro atoms. The number of hydrogen-bond donors (Lipinski definition) is 0. The average Bonchev–Trinajstić information content (AvgIpc) is 2.79. The molecule has 6 nitrogen and oxygen atoms in total. The molecule has 3 aromatic carbocycles. The lowest BCUT2D eigenvalue weighted by molar-refractivity contribution is -0.139. The number of ether oxygens (including phenoxy) is 4. The minimum atomic E-state index is -0.464. The third kappa shape index (κ3) is 5.04. The fraction of sp³-hybridized carbons (Fsp3) is 0.217. The summed E-state index contributed by atoms with van der Waals surface area (Å²) < 4.78 is 20.9. The number of benzene rings is 3. The minimum absolute atomic E-state index is 0.112. The number of fused-ring (bicyclic) bond motifs is 1. The van der Waals surface area contributed by atoms with Crippen LogP contribution in [0.5, 0.6) is 17.2 Å². The zero-order valence-corrected chi connectivity index (χ0v) is 17.8. The van der Waals surface area contributed by atoms with Crippen molar-refractivity contribution in [2.24, 2.45) is 0 Å². The summed E-state index contributed by atoms with van der Waals surface area (Å²) in [5.74, 6) is 0.394. The van der Waals surface area contributed by atoms with Gasteiger partial charge in [0.2, 0.25) is 11.5 Å². The van der Waals surface area contributed by atoms with Gasteiger partial charge in [0.25, 0.3) is 0 Å². The Kier molecular flexibility index (Phi) is 7.19. The summed E-state index contributed by atoms with van der Waals surface area (Å²) in [7, 11) is 4.42. The van der Waals surface area contributed by atoms with Gasteiger partial charge in [-0.25, -0.2) is 0 Å². The summed E-state index contributed by atoms with van der Waals surface area (Å²) in [6.45, 7) is -0.365. The maximum atomic E-state index is 12.5. The Hall–Kier alpha value is -3.19. The Balaban J connectivity index is 1.58. The van der Waals surface area contributed by atoms with Gasteiger partial charge in [0, 0.05) is 10.5 Å². The lowest BCUT2D eigenvalue weighted by Crippen LogP contribution is -2.15. The molecule has 0 atom stereocenters. The molecular formula is C23H22O6S. The van der Waals surface area contributed by atoms with Crippen molar-refractivity contribution in [2.45, 2.75) is 4.90 Å². The third-order valence-electron chi connectivity index (χ3n) is 4.43. The van der Waals surface area contributed by atoms with E-state index in [1.54, 1.807) is 0 Å². The van der Waals surface area contributed by atoms with Crippen LogP contribution in [0.4, 0.5) is 0 Å². The topological polar surface area (TPSA) is 71.1 Å². The summed E-state index contributed by atoms with van der Waals surface area (Å²) in [5.41, 5.74) is 0.305. The minimum Gasteiger partial charge on any atom is -0.493 e. The first-order valence-electron chi connectivity index (χ1n) is 9.16. The summed E-state index contributed by atoms with van der Waals surface area (Å²) in [6.07, 6.45) is 0. The smallest absolute Gasteiger partial charge is 0.316 e. The SMILES string of the molecule is COc1cc(C(=O)COC(=O)CSc2ccc3ccccc3c2)cc(OC)c1OC. The number of methoxy groups -OCH3 is 3. The fourth-order valence-corrected chi connectivity index (χ4v) is 3.65. The number of rotatable bonds is 9. The van der Waals surface area contributed by atoms with Crippen LogP contribution < -0.4 is 14.2 Å². The van der Waals surface area contributed by atoms with Gasteiger partial charge in [-0.05, 0) is 35.0 Å². The maximum absolute atomic E-state index is 12.5. The maximum Gasteiger partial charge on any atom is 0.316 e. The van der Waals surface area contributed by atoms with E-state index in [0.29, 0.717) is 22.8 Å². The van der Waals surface area contributed by atoms with Crippen molar-refractivity contribution in [3.8, 4) is 17.2 Å². The third-order valence-corrected chi connectivity index (χ3v) is 5.40. The molecule has 3 rings (SSSR count). The molecule has 0 aromatic heterocycles. The standard InChI is InChI=1S/C23H22O6S/c1-26-20-11-17(12-21(27-2)23(20)28-3)19(24)13-29-22(25)14-30-18-9-8-15-6-4-5-7-16(15)10-18/h4-12H,13-14H2,1-3H3. The normalized spacial score (nSPS) is 10.5. The van der Waals surface area contributed by atoms with Gasteiger partial charge in [0.05, 0.1) is 27.1 Å². The Morgan fingerprint density at radius 3 is 2.13 bits per heavy atom. The molecule has 0 unspecified atom stereocenters. The molecule has 0 saturated carbocycles. The van der Waals surface area contributed by atoms with Crippen molar-refractivity contribution in [1.82, 2.24) is 0 Å². The highest BCUT2D eigenvalue weighted by atomic mass is 32.2. The van der Waals surface area contributed by atoms with E-state index in [-0.39, 0.29) is 18.1 Å². The van der Waals surface area contributed by atoms with Gasteiger partial charge in [0.1, 0.15) is 0 Å². The summed E-state index contributed by atoms with van der Waals surface area (Å²) in [5, 5.41) is 2.24. The van der Waals surface area contributed by atoms with Crippen molar-refractivity contribution >= 4 is 34.3 Å². The molecule has 0 radical (unpaired) electrons. The van der Waals surface area contributed by atoms with Crippen LogP contribution in [0.2, 0.25) is 0 Å². The lowest BCUT2D eigenvalue weighted by atomic mass is 10.1. The molecule has 0 aliphatic carbocycles. The number of carbonyl (C=O) groups is 2. The van der Waals surface area contributed by atoms with Gasteiger partial charge >= 0.3 is 5.97 Å². The molecule has 0 aliphatic heterocycles. The van der Waals surface area contributed by atoms with Crippen LogP contribution in [-0.4, -0.2) is 45.4 Å². The Morgan fingerprint density at radius 1 is 0.833 bits per heavy atom. The highest BCUT2D eigenvalue weighted by Gasteiger charge is 2.18. The molecule has 0 heterocycles. The van der Waals surface area contributed by atoms with Crippen LogP contribution in [0.1, 0.15) is 10.4 Å². The molecular weight excluding hydrogens is 404 g/mol. The highest BCUT2D eigenvalue weighted by molar-refractivity contribution is 8.00. The van der Waals surface area contributed by atoms with Crippen LogP contribution in [-0.2, 0) is 9.53 Å². The van der Waals surface area contributed by atoms with Gasteiger partial charge in [-0.1, -0.05) is 30.3 Å². The first-order chi connectivity index (χ1) is 14.5. The fourth-order valence-electron chi connectivity index (χ4n) is 2.91. The van der Waals surface area contributed by atoms with Gasteiger partial charge in [-0.3, -0.25) is 9.59 Å². The van der Waals surface area contributed by atoms with E-state index in [1.165, 1.54) is 45.2 Å². The van der Waals surface area contributed by atoms with Crippen molar-refractivity contribution in [3.63, 3.8) is 0 Å². The van der Waals surface area contributed by atoms with E-state index >= 15 is 0 Å². The second kappa shape index (κ2) is 10.0. The molecule has 0 N–H and O–H groups in total. The number of hydrogen-bond acceptors (Lipinski definition) is 7. The molecule has 7 heteroatoms. The summed E-state index contributed by atoms with van der Waals surface area (Å²) >= 11 is 1.37. The number of ketones is 1. The van der Waals surface area contributed by atoms with Crippen molar-refractivity contribution < 1.29 is 28.5 Å². The van der Waals surface area contributed by atoms with E-state index in [4.69, 9.17) is 18.9 Å². The molecule has 156 valence electrons. The van der Waals surface area contributed by atoms with Crippen LogP contribution in [0, 0.1) is 0 Å². The van der Waals surface area contributed by atoms with Gasteiger partial charge in [0.15, 0.2) is 18.1 Å². The van der Waals surface area contributed by atoms with Crippen LogP contribution in [0.25, 0.3) is 10.8 Å². The predicted octanol–water partition coefficient (Wildman–Crippen LogP) is 4.38. The lowest BCUT2D eigenvalue weighted by Gasteiger charge is -2.13. The van der Waals surface area contributed by atoms with Crippen molar-refractivity contribution in [2.75, 3.05) is 33.7 Å². The van der Waals surface area contributed by atoms with Crippen LogP contribution >= 0.6 is 11.8 Å². The second-order valence-electron chi connectivity index (χ2n) is 6.30. The van der Waals surface area contributed by atoms with Crippen molar-refractivity contribution in [3.05, 3.63) is 60.2 Å². The summed E-state index contributed by atoms with van der Waals surface area (Å²) in [4.78, 5) is 25.5. The van der Waals surface area contributed by atoms with Gasteiger partial charge in [-0.15, -0.1) is 11.8 Å². The molecule has 3 aromatic rings. The van der Waals surface area contributed by atoms with Crippen molar-refractivity contribution in [1.29, 1.82) is 0 Å². The second-order valence-corrected chi connectivity index (χ2v) is 7.34. The number of esters is 1. The number of thioether (sulfide) groups is 1. The van der Waals surface area contributed by atoms with Gasteiger partial charge < -0.3 is 18.9 Å². The Morgan fingerprint density at radius 2 is 1.50 bits per heavy atom. The first kappa shape index (κ1) is 21.5. The molecule has 0 fully saturated rings. The van der Waals surface area contributed by atoms with E-state index in [0.717, 1.165) is 15.7 Å². The zero-order chi connectivity index (χ0) is 21.5. The zero-order valence-electron chi connectivity index (χ0n) is 17.0. The van der Waals surface area contributed by atoms with E-state index in [1.807, 2.05) is 42.5 Å². The summed E-state index contributed by atoms with van der Waals surface area (Å²) in [6, 6.07) is 17.1. The first-order valence-corrected chi connectivity index (χ1v) is 10.1. The van der Waals surface area contributed by atoms with E-state index in [9.17, 15) is 9.59 Å². The quantitative estimate of drug-likeness (QED) is 0.286. The molecule has 30 heavy (non-hydrogen) atoms. The Labute approximate surface area is 179 Å². The molecule has 0 bridgehead atoms. The number of Topliss-reactive ketones (excluding diaryl/α,β-unsaturated/α-hetero) is 1. The number of carbonyl (C=O) groups excluding carboxylic acids is 2. The van der Waals surface area contributed by atoms with Crippen LogP contribution in [0.15, 0.2) is 59.5 Å². The largest absolute Gasteiger partial charge is 0.493 e. The van der Waals surface area contributed by atoms with Crippen LogP contribution in [0.3, 0.4) is 0 Å². The van der Waals surface area contributed by atoms with Gasteiger partial charge in [-0.2, -0.15) is 0 Å². The highest BCUT2D eigenvalue weighted by Crippen LogP contribution is 2.38. The van der Waals surface area contributed by atoms with E-state index < -0.39 is 5.97 Å².